The van der Waals surface area contributed by atoms with Gasteiger partial charge in [0.25, 0.3) is 5.91 Å². The number of hydrogen-bond donors (Lipinski definition) is 3. The molecule has 1 aromatic heterocycles. The van der Waals surface area contributed by atoms with Gasteiger partial charge in [-0.05, 0) is 18.1 Å². The zero-order valence-electron chi connectivity index (χ0n) is 10.4. The fourth-order valence-electron chi connectivity index (χ4n) is 1.43. The molecule has 0 aliphatic rings. The van der Waals surface area contributed by atoms with Crippen LogP contribution in [-0.4, -0.2) is 27.9 Å². The molecule has 0 aliphatic heterocycles. The summed E-state index contributed by atoms with van der Waals surface area (Å²) in [6, 6.07) is 3.16. The summed E-state index contributed by atoms with van der Waals surface area (Å²) >= 11 is 0. The molecule has 0 bridgehead atoms. The second-order valence-electron chi connectivity index (χ2n) is 4.15. The molecule has 1 aromatic rings. The van der Waals surface area contributed by atoms with Gasteiger partial charge in [0.2, 0.25) is 5.91 Å². The lowest BCUT2D eigenvalue weighted by atomic mass is 10.0. The SMILES string of the molecule is C[C@H](CC(=O)O)CC(=O)NNC(=O)c1cccnc1. The van der Waals surface area contributed by atoms with E-state index in [1.54, 1.807) is 19.1 Å². The number of rotatable bonds is 5. The van der Waals surface area contributed by atoms with E-state index in [1.807, 2.05) is 0 Å². The molecule has 1 rings (SSSR count). The zero-order valence-corrected chi connectivity index (χ0v) is 10.4. The van der Waals surface area contributed by atoms with Crippen LogP contribution in [-0.2, 0) is 9.59 Å². The number of nitrogens with one attached hydrogen (secondary N) is 2. The Bertz CT molecular complexity index is 461. The molecule has 0 saturated heterocycles. The summed E-state index contributed by atoms with van der Waals surface area (Å²) in [7, 11) is 0. The lowest BCUT2D eigenvalue weighted by Gasteiger charge is -2.10. The predicted molar refractivity (Wildman–Crippen MR) is 65.9 cm³/mol. The fourth-order valence-corrected chi connectivity index (χ4v) is 1.43. The highest BCUT2D eigenvalue weighted by atomic mass is 16.4. The minimum atomic E-state index is -0.959. The third kappa shape index (κ3) is 5.62. The number of carboxylic acids is 1. The Morgan fingerprint density at radius 2 is 2.05 bits per heavy atom. The van der Waals surface area contributed by atoms with Gasteiger partial charge >= 0.3 is 5.97 Å². The van der Waals surface area contributed by atoms with Crippen molar-refractivity contribution in [3.8, 4) is 0 Å². The molecule has 0 fully saturated rings. The van der Waals surface area contributed by atoms with Gasteiger partial charge in [-0.25, -0.2) is 0 Å². The van der Waals surface area contributed by atoms with E-state index < -0.39 is 17.8 Å². The number of carbonyl (C=O) groups is 3. The molecule has 0 spiro atoms. The third-order valence-corrected chi connectivity index (χ3v) is 2.30. The third-order valence-electron chi connectivity index (χ3n) is 2.30. The monoisotopic (exact) mass is 265 g/mol. The molecule has 102 valence electrons. The van der Waals surface area contributed by atoms with Crippen LogP contribution in [0.25, 0.3) is 0 Å². The molecule has 0 aromatic carbocycles. The lowest BCUT2D eigenvalue weighted by molar-refractivity contribution is -0.138. The summed E-state index contributed by atoms with van der Waals surface area (Å²) in [6.07, 6.45) is 2.83. The van der Waals surface area contributed by atoms with Gasteiger partial charge in [0, 0.05) is 25.2 Å². The van der Waals surface area contributed by atoms with Crippen molar-refractivity contribution >= 4 is 17.8 Å². The molecular weight excluding hydrogens is 250 g/mol. The molecule has 0 unspecified atom stereocenters. The first-order valence-corrected chi connectivity index (χ1v) is 5.70. The van der Waals surface area contributed by atoms with E-state index in [-0.39, 0.29) is 18.8 Å². The Balaban J connectivity index is 2.34. The van der Waals surface area contributed by atoms with Crippen molar-refractivity contribution in [3.63, 3.8) is 0 Å². The van der Waals surface area contributed by atoms with Crippen molar-refractivity contribution in [1.82, 2.24) is 15.8 Å². The van der Waals surface area contributed by atoms with Gasteiger partial charge in [-0.3, -0.25) is 30.2 Å². The Morgan fingerprint density at radius 3 is 2.63 bits per heavy atom. The second kappa shape index (κ2) is 7.10. The van der Waals surface area contributed by atoms with Crippen molar-refractivity contribution in [2.75, 3.05) is 0 Å². The van der Waals surface area contributed by atoms with E-state index in [0.29, 0.717) is 5.56 Å². The van der Waals surface area contributed by atoms with Crippen LogP contribution in [0.3, 0.4) is 0 Å². The van der Waals surface area contributed by atoms with Gasteiger partial charge in [-0.15, -0.1) is 0 Å². The van der Waals surface area contributed by atoms with Crippen molar-refractivity contribution in [2.24, 2.45) is 5.92 Å². The first-order chi connectivity index (χ1) is 8.99. The molecule has 2 amide bonds. The Morgan fingerprint density at radius 1 is 1.32 bits per heavy atom. The number of aromatic nitrogens is 1. The average Bonchev–Trinajstić information content (AvgIpc) is 2.36. The largest absolute Gasteiger partial charge is 0.481 e. The Kier molecular flexibility index (Phi) is 5.46. The number of amides is 2. The van der Waals surface area contributed by atoms with E-state index in [9.17, 15) is 14.4 Å². The van der Waals surface area contributed by atoms with E-state index in [1.165, 1.54) is 12.4 Å². The van der Waals surface area contributed by atoms with Crippen LogP contribution >= 0.6 is 0 Å². The minimum Gasteiger partial charge on any atom is -0.481 e. The summed E-state index contributed by atoms with van der Waals surface area (Å²) in [6.45, 7) is 1.65. The topological polar surface area (TPSA) is 108 Å². The van der Waals surface area contributed by atoms with Crippen molar-refractivity contribution in [1.29, 1.82) is 0 Å². The molecule has 0 aliphatic carbocycles. The van der Waals surface area contributed by atoms with Crippen LogP contribution in [0.4, 0.5) is 0 Å². The highest BCUT2D eigenvalue weighted by Crippen LogP contribution is 2.06. The minimum absolute atomic E-state index is 0.0274. The number of carbonyl (C=O) groups excluding carboxylic acids is 2. The van der Waals surface area contributed by atoms with Crippen LogP contribution < -0.4 is 10.9 Å². The van der Waals surface area contributed by atoms with Gasteiger partial charge in [0.1, 0.15) is 0 Å². The first kappa shape index (κ1) is 14.6. The second-order valence-corrected chi connectivity index (χ2v) is 4.15. The quantitative estimate of drug-likeness (QED) is 0.665. The van der Waals surface area contributed by atoms with E-state index in [2.05, 4.69) is 15.8 Å². The summed E-state index contributed by atoms with van der Waals surface area (Å²) in [5.74, 6) is -2.18. The maximum Gasteiger partial charge on any atom is 0.303 e. The summed E-state index contributed by atoms with van der Waals surface area (Å²) in [4.78, 5) is 37.2. The molecule has 19 heavy (non-hydrogen) atoms. The maximum absolute atomic E-state index is 11.6. The van der Waals surface area contributed by atoms with Gasteiger partial charge in [0.05, 0.1) is 5.56 Å². The van der Waals surface area contributed by atoms with E-state index in [4.69, 9.17) is 5.11 Å². The highest BCUT2D eigenvalue weighted by molar-refractivity contribution is 5.95. The summed E-state index contributed by atoms with van der Waals surface area (Å²) in [5.41, 5.74) is 4.78. The highest BCUT2D eigenvalue weighted by Gasteiger charge is 2.13. The molecule has 1 heterocycles. The molecular formula is C12H15N3O4. The fraction of sp³-hybridized carbons (Fsp3) is 0.333. The van der Waals surface area contributed by atoms with Gasteiger partial charge in [0.15, 0.2) is 0 Å². The van der Waals surface area contributed by atoms with Crippen LogP contribution in [0.15, 0.2) is 24.5 Å². The zero-order chi connectivity index (χ0) is 14.3. The molecule has 3 N–H and O–H groups in total. The van der Waals surface area contributed by atoms with E-state index >= 15 is 0 Å². The Hall–Kier alpha value is -2.44. The standard InChI is InChI=1S/C12H15N3O4/c1-8(6-11(17)18)5-10(16)14-15-12(19)9-3-2-4-13-7-9/h2-4,7-8H,5-6H2,1H3,(H,14,16)(H,15,19)(H,17,18)/t8-/m0/s1. The van der Waals surface area contributed by atoms with Gasteiger partial charge in [-0.2, -0.15) is 0 Å². The smallest absolute Gasteiger partial charge is 0.303 e. The number of hydrogen-bond acceptors (Lipinski definition) is 4. The van der Waals surface area contributed by atoms with Crippen molar-refractivity contribution in [2.45, 2.75) is 19.8 Å². The molecule has 1 atom stereocenters. The first-order valence-electron chi connectivity index (χ1n) is 5.70. The van der Waals surface area contributed by atoms with Crippen LogP contribution in [0.5, 0.6) is 0 Å². The van der Waals surface area contributed by atoms with Crippen molar-refractivity contribution in [3.05, 3.63) is 30.1 Å². The molecule has 7 nitrogen and oxygen atoms in total. The van der Waals surface area contributed by atoms with Gasteiger partial charge < -0.3 is 5.11 Å². The lowest BCUT2D eigenvalue weighted by Crippen LogP contribution is -2.42. The maximum atomic E-state index is 11.6. The number of aliphatic carboxylic acids is 1. The van der Waals surface area contributed by atoms with Crippen LogP contribution in [0.2, 0.25) is 0 Å². The number of pyridine rings is 1. The van der Waals surface area contributed by atoms with E-state index in [0.717, 1.165) is 0 Å². The summed E-state index contributed by atoms with van der Waals surface area (Å²) in [5, 5.41) is 8.56. The summed E-state index contributed by atoms with van der Waals surface area (Å²) < 4.78 is 0. The Labute approximate surface area is 110 Å². The molecule has 7 heteroatoms. The number of carboxylic acid groups (broad SMARTS) is 1. The predicted octanol–water partition coefficient (Wildman–Crippen LogP) is 0.344. The average molecular weight is 265 g/mol. The number of hydrazine groups is 1. The number of nitrogens with zero attached hydrogens (tertiary/aromatic N) is 1. The van der Waals surface area contributed by atoms with Gasteiger partial charge in [-0.1, -0.05) is 6.92 Å². The van der Waals surface area contributed by atoms with Crippen LogP contribution in [0, 0.1) is 5.92 Å². The normalized spacial score (nSPS) is 11.4. The van der Waals surface area contributed by atoms with Crippen LogP contribution in [0.1, 0.15) is 30.1 Å². The molecule has 0 saturated carbocycles. The van der Waals surface area contributed by atoms with Crippen molar-refractivity contribution < 1.29 is 19.5 Å². The molecule has 0 radical (unpaired) electrons.